The Morgan fingerprint density at radius 2 is 2.26 bits per heavy atom. The van der Waals surface area contributed by atoms with Gasteiger partial charge in [0, 0.05) is 9.90 Å². The van der Waals surface area contributed by atoms with Crippen molar-refractivity contribution in [1.29, 1.82) is 5.26 Å². The molecule has 0 aliphatic heterocycles. The number of carbonyl (C=O) groups is 1. The first kappa shape index (κ1) is 21.5. The molecular weight excluding hydrogens is 434 g/mol. The topological polar surface area (TPSA) is 102 Å². The van der Waals surface area contributed by atoms with Crippen LogP contribution in [0.1, 0.15) is 41.6 Å². The molecule has 4 rings (SSSR count). The van der Waals surface area contributed by atoms with Gasteiger partial charge >= 0.3 is 0 Å². The first-order valence-electron chi connectivity index (χ1n) is 10.2. The lowest BCUT2D eigenvalue weighted by Gasteiger charge is -2.20. The van der Waals surface area contributed by atoms with Crippen LogP contribution >= 0.6 is 22.9 Å². The molecule has 9 heteroatoms. The van der Waals surface area contributed by atoms with Gasteiger partial charge in [0.15, 0.2) is 0 Å². The summed E-state index contributed by atoms with van der Waals surface area (Å²) in [6.07, 6.45) is 3.78. The van der Waals surface area contributed by atoms with Crippen LogP contribution in [0.15, 0.2) is 23.0 Å². The minimum Gasteiger partial charge on any atom is -0.315 e. The Kier molecular flexibility index (Phi) is 6.37. The standard InChI is InChI=1S/C22H22ClN5O2S/c1-2-8-28(11-19-25-17-9-13(23)6-7-15(17)21(30)26-19)12-20(29)27-22-16(10-24)14-4-3-5-18(14)31-22/h6-7,9H,2-5,8,11-12H2,1H3,(H,27,29)(H,25,26,30). The largest absolute Gasteiger partial charge is 0.315 e. The summed E-state index contributed by atoms with van der Waals surface area (Å²) in [5.41, 5.74) is 1.98. The maximum atomic E-state index is 12.7. The lowest BCUT2D eigenvalue weighted by Crippen LogP contribution is -2.34. The molecule has 3 aromatic rings. The Bertz CT molecular complexity index is 1240. The first-order chi connectivity index (χ1) is 15.0. The number of anilines is 1. The molecule has 0 bridgehead atoms. The predicted molar refractivity (Wildman–Crippen MR) is 123 cm³/mol. The summed E-state index contributed by atoms with van der Waals surface area (Å²) >= 11 is 7.54. The fourth-order valence-corrected chi connectivity index (χ4v) is 5.38. The van der Waals surface area contributed by atoms with Gasteiger partial charge in [0.25, 0.3) is 5.56 Å². The molecule has 1 aliphatic rings. The maximum absolute atomic E-state index is 12.7. The van der Waals surface area contributed by atoms with Gasteiger partial charge in [-0.05, 0) is 56.0 Å². The van der Waals surface area contributed by atoms with Gasteiger partial charge in [-0.3, -0.25) is 14.5 Å². The summed E-state index contributed by atoms with van der Waals surface area (Å²) in [4.78, 5) is 35.6. The van der Waals surface area contributed by atoms with E-state index < -0.39 is 0 Å². The minimum atomic E-state index is -0.232. The molecule has 0 radical (unpaired) electrons. The van der Waals surface area contributed by atoms with Crippen LogP contribution in [0.4, 0.5) is 5.00 Å². The number of benzene rings is 1. The highest BCUT2D eigenvalue weighted by atomic mass is 35.5. The van der Waals surface area contributed by atoms with Crippen LogP contribution in [0.25, 0.3) is 10.9 Å². The van der Waals surface area contributed by atoms with Crippen molar-refractivity contribution < 1.29 is 4.79 Å². The molecule has 2 N–H and O–H groups in total. The third-order valence-corrected chi connectivity index (χ3v) is 6.73. The molecule has 0 unspecified atom stereocenters. The Morgan fingerprint density at radius 3 is 3.03 bits per heavy atom. The van der Waals surface area contributed by atoms with E-state index in [1.165, 1.54) is 16.2 Å². The van der Waals surface area contributed by atoms with E-state index in [9.17, 15) is 14.9 Å². The van der Waals surface area contributed by atoms with Gasteiger partial charge in [-0.1, -0.05) is 18.5 Å². The Balaban J connectivity index is 1.50. The molecule has 0 saturated carbocycles. The fraction of sp³-hybridized carbons (Fsp3) is 0.364. The maximum Gasteiger partial charge on any atom is 0.258 e. The predicted octanol–water partition coefficient (Wildman–Crippen LogP) is 3.85. The lowest BCUT2D eigenvalue weighted by atomic mass is 10.1. The number of nitriles is 1. The van der Waals surface area contributed by atoms with E-state index in [0.717, 1.165) is 31.2 Å². The average molecular weight is 456 g/mol. The summed E-state index contributed by atoms with van der Waals surface area (Å²) in [5.74, 6) is 0.296. The normalized spacial score (nSPS) is 12.8. The molecule has 1 aliphatic carbocycles. The number of hydrogen-bond acceptors (Lipinski definition) is 6. The van der Waals surface area contributed by atoms with Gasteiger partial charge in [-0.15, -0.1) is 11.3 Å². The van der Waals surface area contributed by atoms with Gasteiger partial charge in [-0.25, -0.2) is 4.98 Å². The SMILES string of the molecule is CCCN(CC(=O)Nc1sc2c(c1C#N)CCC2)Cc1nc2cc(Cl)ccc2c(=O)[nH]1. The number of aromatic nitrogens is 2. The van der Waals surface area contributed by atoms with E-state index in [1.807, 2.05) is 11.8 Å². The van der Waals surface area contributed by atoms with Crippen molar-refractivity contribution in [3.05, 3.63) is 55.4 Å². The van der Waals surface area contributed by atoms with Crippen LogP contribution < -0.4 is 10.9 Å². The number of amides is 1. The molecule has 2 heterocycles. The molecule has 0 saturated heterocycles. The molecule has 160 valence electrons. The fourth-order valence-electron chi connectivity index (χ4n) is 3.96. The second kappa shape index (κ2) is 9.18. The number of fused-ring (bicyclic) bond motifs is 2. The van der Waals surface area contributed by atoms with Crippen LogP contribution in [-0.4, -0.2) is 33.9 Å². The molecule has 0 spiro atoms. The van der Waals surface area contributed by atoms with Gasteiger partial charge in [-0.2, -0.15) is 5.26 Å². The van der Waals surface area contributed by atoms with Gasteiger partial charge < -0.3 is 10.3 Å². The van der Waals surface area contributed by atoms with E-state index in [2.05, 4.69) is 21.4 Å². The van der Waals surface area contributed by atoms with E-state index in [-0.39, 0.29) is 18.0 Å². The molecule has 0 atom stereocenters. The van der Waals surface area contributed by atoms with Crippen LogP contribution in [0.5, 0.6) is 0 Å². The van der Waals surface area contributed by atoms with Crippen LogP contribution in [0, 0.1) is 11.3 Å². The number of rotatable bonds is 7. The summed E-state index contributed by atoms with van der Waals surface area (Å²) in [6, 6.07) is 7.21. The number of aryl methyl sites for hydroxylation is 1. The second-order valence-electron chi connectivity index (χ2n) is 7.61. The Hall–Kier alpha value is -2.73. The quantitative estimate of drug-likeness (QED) is 0.563. The zero-order valence-corrected chi connectivity index (χ0v) is 18.7. The summed E-state index contributed by atoms with van der Waals surface area (Å²) in [5, 5.41) is 14.1. The van der Waals surface area contributed by atoms with Crippen molar-refractivity contribution in [1.82, 2.24) is 14.9 Å². The van der Waals surface area contributed by atoms with E-state index in [0.29, 0.717) is 45.4 Å². The number of H-pyrrole nitrogens is 1. The second-order valence-corrected chi connectivity index (χ2v) is 9.15. The van der Waals surface area contributed by atoms with Crippen molar-refractivity contribution in [2.45, 2.75) is 39.2 Å². The molecule has 1 aromatic carbocycles. The number of nitrogens with one attached hydrogen (secondary N) is 2. The molecule has 2 aromatic heterocycles. The summed E-state index contributed by atoms with van der Waals surface area (Å²) < 4.78 is 0. The zero-order chi connectivity index (χ0) is 22.0. The van der Waals surface area contributed by atoms with Crippen molar-refractivity contribution in [2.24, 2.45) is 0 Å². The van der Waals surface area contributed by atoms with Crippen molar-refractivity contribution in [3.63, 3.8) is 0 Å². The smallest absolute Gasteiger partial charge is 0.258 e. The molecule has 31 heavy (non-hydrogen) atoms. The van der Waals surface area contributed by atoms with E-state index >= 15 is 0 Å². The molecular formula is C22H22ClN5O2S. The molecule has 0 fully saturated rings. The number of carbonyl (C=O) groups excluding carboxylic acids is 1. The third kappa shape index (κ3) is 4.64. The minimum absolute atomic E-state index is 0.137. The Morgan fingerprint density at radius 1 is 1.42 bits per heavy atom. The van der Waals surface area contributed by atoms with Crippen molar-refractivity contribution >= 4 is 44.7 Å². The monoisotopic (exact) mass is 455 g/mol. The highest BCUT2D eigenvalue weighted by Crippen LogP contribution is 2.38. The third-order valence-electron chi connectivity index (χ3n) is 5.28. The summed E-state index contributed by atoms with van der Waals surface area (Å²) in [6.45, 7) is 3.15. The number of thiophene rings is 1. The number of nitrogens with zero attached hydrogens (tertiary/aromatic N) is 3. The average Bonchev–Trinajstić information content (AvgIpc) is 3.28. The van der Waals surface area contributed by atoms with Gasteiger partial charge in [0.2, 0.25) is 5.91 Å². The van der Waals surface area contributed by atoms with Gasteiger partial charge in [0.05, 0.1) is 29.6 Å². The van der Waals surface area contributed by atoms with Crippen molar-refractivity contribution in [2.75, 3.05) is 18.4 Å². The van der Waals surface area contributed by atoms with Crippen LogP contribution in [-0.2, 0) is 24.2 Å². The zero-order valence-electron chi connectivity index (χ0n) is 17.1. The van der Waals surface area contributed by atoms with Crippen molar-refractivity contribution in [3.8, 4) is 6.07 Å². The number of halogens is 1. The van der Waals surface area contributed by atoms with Crippen LogP contribution in [0.3, 0.4) is 0 Å². The molecule has 7 nitrogen and oxygen atoms in total. The highest BCUT2D eigenvalue weighted by molar-refractivity contribution is 7.16. The summed E-state index contributed by atoms with van der Waals surface area (Å²) in [7, 11) is 0. The van der Waals surface area contributed by atoms with E-state index in [4.69, 9.17) is 11.6 Å². The Labute approximate surface area is 188 Å². The lowest BCUT2D eigenvalue weighted by molar-refractivity contribution is -0.117. The van der Waals surface area contributed by atoms with Gasteiger partial charge in [0.1, 0.15) is 16.9 Å². The number of hydrogen-bond donors (Lipinski definition) is 2. The molecule has 1 amide bonds. The van der Waals surface area contributed by atoms with Crippen LogP contribution in [0.2, 0.25) is 5.02 Å². The van der Waals surface area contributed by atoms with E-state index in [1.54, 1.807) is 18.2 Å². The first-order valence-corrected chi connectivity index (χ1v) is 11.4. The number of aromatic amines is 1. The highest BCUT2D eigenvalue weighted by Gasteiger charge is 2.23.